The molecule has 0 radical (unpaired) electrons. The number of hydrogen-bond acceptors (Lipinski definition) is 2. The molecule has 0 aliphatic rings. The van der Waals surface area contributed by atoms with Gasteiger partial charge in [-0.1, -0.05) is 59.6 Å². The Bertz CT molecular complexity index is 543. The maximum absolute atomic E-state index is 10.1. The first-order valence-corrected chi connectivity index (χ1v) is 6.68. The summed E-state index contributed by atoms with van der Waals surface area (Å²) in [6.45, 7) is -0.320. The van der Waals surface area contributed by atoms with Crippen molar-refractivity contribution >= 4 is 23.2 Å². The topological polar surface area (TPSA) is 40.5 Å². The van der Waals surface area contributed by atoms with E-state index in [0.29, 0.717) is 10.0 Å². The largest absolute Gasteiger partial charge is 0.394 e. The lowest BCUT2D eigenvalue weighted by atomic mass is 9.87. The minimum Gasteiger partial charge on any atom is -0.394 e. The lowest BCUT2D eigenvalue weighted by molar-refractivity contribution is 0.0823. The van der Waals surface area contributed by atoms with Gasteiger partial charge in [-0.05, 0) is 23.3 Å². The van der Waals surface area contributed by atoms with Crippen LogP contribution in [-0.2, 0) is 0 Å². The molecule has 19 heavy (non-hydrogen) atoms. The summed E-state index contributed by atoms with van der Waals surface area (Å²) in [5.41, 5.74) is 1.74. The molecule has 2 N–H and O–H groups in total. The predicted octanol–water partition coefficient (Wildman–Crippen LogP) is 3.48. The van der Waals surface area contributed by atoms with Crippen molar-refractivity contribution in [1.82, 2.24) is 0 Å². The van der Waals surface area contributed by atoms with Crippen LogP contribution in [0.4, 0.5) is 0 Å². The first-order chi connectivity index (χ1) is 9.13. The Morgan fingerprint density at radius 3 is 2.16 bits per heavy atom. The van der Waals surface area contributed by atoms with Crippen LogP contribution >= 0.6 is 23.2 Å². The van der Waals surface area contributed by atoms with Gasteiger partial charge in [0.1, 0.15) is 0 Å². The van der Waals surface area contributed by atoms with Crippen LogP contribution < -0.4 is 0 Å². The smallest absolute Gasteiger partial charge is 0.0879 e. The number of hydrogen-bond donors (Lipinski definition) is 2. The molecular weight excluding hydrogens is 283 g/mol. The van der Waals surface area contributed by atoms with Crippen LogP contribution in [0.1, 0.15) is 17.0 Å². The van der Waals surface area contributed by atoms with Gasteiger partial charge >= 0.3 is 0 Å². The van der Waals surface area contributed by atoms with Crippen LogP contribution in [-0.4, -0.2) is 22.9 Å². The first kappa shape index (κ1) is 14.4. The van der Waals surface area contributed by atoms with Gasteiger partial charge < -0.3 is 10.2 Å². The van der Waals surface area contributed by atoms with Crippen LogP contribution in [0.2, 0.25) is 10.0 Å². The molecular formula is C15H14Cl2O2. The summed E-state index contributed by atoms with van der Waals surface area (Å²) in [6, 6.07) is 14.7. The van der Waals surface area contributed by atoms with Gasteiger partial charge in [-0.25, -0.2) is 0 Å². The highest BCUT2D eigenvalue weighted by Gasteiger charge is 2.23. The number of aliphatic hydroxyl groups is 2. The van der Waals surface area contributed by atoms with Crippen molar-refractivity contribution in [3.8, 4) is 0 Å². The van der Waals surface area contributed by atoms with E-state index >= 15 is 0 Å². The molecule has 2 aromatic carbocycles. The number of benzene rings is 2. The summed E-state index contributed by atoms with van der Waals surface area (Å²) in [5.74, 6) is -0.332. The molecule has 0 amide bonds. The van der Waals surface area contributed by atoms with Gasteiger partial charge in [0.25, 0.3) is 0 Å². The summed E-state index contributed by atoms with van der Waals surface area (Å²) in [6.07, 6.45) is -0.889. The average molecular weight is 297 g/mol. The van der Waals surface area contributed by atoms with Gasteiger partial charge in [0.05, 0.1) is 22.8 Å². The van der Waals surface area contributed by atoms with Crippen LogP contribution in [0.5, 0.6) is 0 Å². The van der Waals surface area contributed by atoms with E-state index < -0.39 is 6.10 Å². The normalized spacial score (nSPS) is 14.1. The molecule has 4 heteroatoms. The quantitative estimate of drug-likeness (QED) is 0.907. The fourth-order valence-corrected chi connectivity index (χ4v) is 2.41. The summed E-state index contributed by atoms with van der Waals surface area (Å²) in [5, 5.41) is 20.2. The van der Waals surface area contributed by atoms with E-state index in [9.17, 15) is 10.2 Å². The third kappa shape index (κ3) is 3.28. The van der Waals surface area contributed by atoms with Gasteiger partial charge in [0.2, 0.25) is 0 Å². The third-order valence-corrected chi connectivity index (χ3v) is 3.77. The van der Waals surface area contributed by atoms with Crippen LogP contribution in [0.25, 0.3) is 0 Å². The fraction of sp³-hybridized carbons (Fsp3) is 0.200. The number of halogens is 2. The van der Waals surface area contributed by atoms with E-state index in [-0.39, 0.29) is 12.5 Å². The van der Waals surface area contributed by atoms with Crippen molar-refractivity contribution in [2.24, 2.45) is 0 Å². The van der Waals surface area contributed by atoms with Crippen molar-refractivity contribution < 1.29 is 10.2 Å². The molecule has 0 aliphatic heterocycles. The Kier molecular flexibility index (Phi) is 4.83. The molecule has 0 aromatic heterocycles. The summed E-state index contributed by atoms with van der Waals surface area (Å²) in [7, 11) is 0. The highest BCUT2D eigenvalue weighted by atomic mass is 35.5. The standard InChI is InChI=1S/C15H14Cl2O2/c16-12-7-6-11(8-13(12)17)15(14(19)9-18)10-4-2-1-3-5-10/h1-8,14-15,18-19H,9H2. The SMILES string of the molecule is OCC(O)C(c1ccccc1)c1ccc(Cl)c(Cl)c1. The lowest BCUT2D eigenvalue weighted by Gasteiger charge is -2.22. The Hall–Kier alpha value is -1.06. The first-order valence-electron chi connectivity index (χ1n) is 5.92. The molecule has 2 unspecified atom stereocenters. The zero-order valence-electron chi connectivity index (χ0n) is 10.1. The van der Waals surface area contributed by atoms with E-state index in [1.165, 1.54) is 0 Å². The Labute approximate surface area is 122 Å². The van der Waals surface area contributed by atoms with Crippen LogP contribution in [0, 0.1) is 0 Å². The highest BCUT2D eigenvalue weighted by Crippen LogP contribution is 2.32. The van der Waals surface area contributed by atoms with Gasteiger partial charge in [-0.2, -0.15) is 0 Å². The molecule has 2 atom stereocenters. The van der Waals surface area contributed by atoms with Crippen molar-refractivity contribution in [2.75, 3.05) is 6.61 Å². The molecule has 0 saturated heterocycles. The molecule has 100 valence electrons. The zero-order chi connectivity index (χ0) is 13.8. The second-order valence-electron chi connectivity index (χ2n) is 4.31. The minimum atomic E-state index is -0.889. The molecule has 2 aromatic rings. The fourth-order valence-electron chi connectivity index (χ4n) is 2.11. The predicted molar refractivity (Wildman–Crippen MR) is 77.8 cm³/mol. The van der Waals surface area contributed by atoms with Gasteiger partial charge in [-0.3, -0.25) is 0 Å². The Morgan fingerprint density at radius 2 is 1.58 bits per heavy atom. The van der Waals surface area contributed by atoms with Gasteiger partial charge in [0.15, 0.2) is 0 Å². The van der Waals surface area contributed by atoms with Crippen LogP contribution in [0.3, 0.4) is 0 Å². The van der Waals surface area contributed by atoms with Crippen molar-refractivity contribution in [3.05, 3.63) is 69.7 Å². The lowest BCUT2D eigenvalue weighted by Crippen LogP contribution is -2.23. The summed E-state index contributed by atoms with van der Waals surface area (Å²) in [4.78, 5) is 0. The second kappa shape index (κ2) is 6.40. The molecule has 0 fully saturated rings. The molecule has 0 aliphatic carbocycles. The zero-order valence-corrected chi connectivity index (χ0v) is 11.6. The molecule has 0 bridgehead atoms. The van der Waals surface area contributed by atoms with E-state index in [1.54, 1.807) is 12.1 Å². The van der Waals surface area contributed by atoms with E-state index in [1.807, 2.05) is 36.4 Å². The van der Waals surface area contributed by atoms with Gasteiger partial charge in [0, 0.05) is 5.92 Å². The van der Waals surface area contributed by atoms with E-state index in [4.69, 9.17) is 23.2 Å². The summed E-state index contributed by atoms with van der Waals surface area (Å²) < 4.78 is 0. The molecule has 2 rings (SSSR count). The summed E-state index contributed by atoms with van der Waals surface area (Å²) >= 11 is 11.9. The number of rotatable bonds is 4. The van der Waals surface area contributed by atoms with E-state index in [0.717, 1.165) is 11.1 Å². The van der Waals surface area contributed by atoms with Gasteiger partial charge in [-0.15, -0.1) is 0 Å². The third-order valence-electron chi connectivity index (χ3n) is 3.03. The molecule has 0 heterocycles. The molecule has 0 saturated carbocycles. The van der Waals surface area contributed by atoms with Crippen molar-refractivity contribution in [1.29, 1.82) is 0 Å². The average Bonchev–Trinajstić information content (AvgIpc) is 2.44. The molecule has 2 nitrogen and oxygen atoms in total. The maximum atomic E-state index is 10.1. The number of aliphatic hydroxyl groups excluding tert-OH is 2. The molecule has 0 spiro atoms. The van der Waals surface area contributed by atoms with Crippen LogP contribution in [0.15, 0.2) is 48.5 Å². The second-order valence-corrected chi connectivity index (χ2v) is 5.13. The minimum absolute atomic E-state index is 0.320. The Morgan fingerprint density at radius 1 is 0.895 bits per heavy atom. The van der Waals surface area contributed by atoms with Crippen molar-refractivity contribution in [3.63, 3.8) is 0 Å². The highest BCUT2D eigenvalue weighted by molar-refractivity contribution is 6.42. The maximum Gasteiger partial charge on any atom is 0.0879 e. The monoisotopic (exact) mass is 296 g/mol. The Balaban J connectivity index is 2.46. The van der Waals surface area contributed by atoms with E-state index in [2.05, 4.69) is 0 Å². The van der Waals surface area contributed by atoms with Crippen molar-refractivity contribution in [2.45, 2.75) is 12.0 Å².